The largest absolute Gasteiger partial charge is 0.309 e. The van der Waals surface area contributed by atoms with Crippen molar-refractivity contribution in [1.82, 2.24) is 14.9 Å². The Hall–Kier alpha value is -2.35. The lowest BCUT2D eigenvalue weighted by molar-refractivity contribution is 0.0986. The molecule has 4 rings (SSSR count). The minimum atomic E-state index is -0.0709. The molecule has 2 aromatic heterocycles. The molecule has 7 heteroatoms. The lowest BCUT2D eigenvalue weighted by atomic mass is 10.1. The van der Waals surface area contributed by atoms with E-state index in [1.165, 1.54) is 16.9 Å². The average Bonchev–Trinajstić information content (AvgIpc) is 3.28. The fraction of sp³-hybridized carbons (Fsp3) is 0.318. The first-order valence-electron chi connectivity index (χ1n) is 9.62. The van der Waals surface area contributed by atoms with E-state index in [1.54, 1.807) is 16.2 Å². The molecule has 0 fully saturated rings. The summed E-state index contributed by atoms with van der Waals surface area (Å²) in [6, 6.07) is 12.2. The highest BCUT2D eigenvalue weighted by Crippen LogP contribution is 2.33. The van der Waals surface area contributed by atoms with Gasteiger partial charge in [0, 0.05) is 6.54 Å². The van der Waals surface area contributed by atoms with Gasteiger partial charge in [-0.05, 0) is 70.2 Å². The summed E-state index contributed by atoms with van der Waals surface area (Å²) in [4.78, 5) is 26.8. The number of carbonyl (C=O) groups is 1. The molecule has 150 valence electrons. The lowest BCUT2D eigenvalue weighted by Crippen LogP contribution is -2.33. The summed E-state index contributed by atoms with van der Waals surface area (Å²) in [7, 11) is 4.09. The van der Waals surface area contributed by atoms with Crippen molar-refractivity contribution in [3.8, 4) is 0 Å². The quantitative estimate of drug-likeness (QED) is 0.431. The van der Waals surface area contributed by atoms with E-state index in [0.717, 1.165) is 44.1 Å². The molecular formula is C22H24N4OS2. The Labute approximate surface area is 178 Å². The minimum absolute atomic E-state index is 0.0709. The van der Waals surface area contributed by atoms with Crippen LogP contribution in [0.1, 0.15) is 27.3 Å². The van der Waals surface area contributed by atoms with Crippen molar-refractivity contribution in [2.24, 2.45) is 0 Å². The van der Waals surface area contributed by atoms with E-state index in [1.807, 2.05) is 38.4 Å². The number of para-hydroxylation sites is 1. The van der Waals surface area contributed by atoms with Crippen LogP contribution >= 0.6 is 22.7 Å². The van der Waals surface area contributed by atoms with Gasteiger partial charge >= 0.3 is 0 Å². The standard InChI is InChI=1S/C22H24N4OS2/c1-14-12-15(2)19-18(13-14)29-22(24-19)26(11-7-10-25(3)4)21(27)20-23-16-8-5-6-9-17(16)28-20/h5-6,8-9,12-13H,7,10-11H2,1-4H3. The summed E-state index contributed by atoms with van der Waals surface area (Å²) in [5.74, 6) is -0.0709. The van der Waals surface area contributed by atoms with Crippen LogP contribution in [0.3, 0.4) is 0 Å². The second kappa shape index (κ2) is 8.18. The smallest absolute Gasteiger partial charge is 0.289 e. The van der Waals surface area contributed by atoms with Crippen LogP contribution in [-0.4, -0.2) is 48.0 Å². The van der Waals surface area contributed by atoms with E-state index < -0.39 is 0 Å². The molecule has 1 amide bonds. The lowest BCUT2D eigenvalue weighted by Gasteiger charge is -2.19. The molecule has 5 nitrogen and oxygen atoms in total. The molecule has 0 N–H and O–H groups in total. The van der Waals surface area contributed by atoms with E-state index in [4.69, 9.17) is 4.98 Å². The molecule has 0 aliphatic heterocycles. The van der Waals surface area contributed by atoms with Crippen molar-refractivity contribution in [1.29, 1.82) is 0 Å². The van der Waals surface area contributed by atoms with E-state index in [-0.39, 0.29) is 5.91 Å². The van der Waals surface area contributed by atoms with Crippen molar-refractivity contribution in [2.45, 2.75) is 20.3 Å². The summed E-state index contributed by atoms with van der Waals surface area (Å²) in [5, 5.41) is 1.26. The summed E-state index contributed by atoms with van der Waals surface area (Å²) in [6.07, 6.45) is 0.873. The number of rotatable bonds is 6. The van der Waals surface area contributed by atoms with Crippen molar-refractivity contribution in [2.75, 3.05) is 32.1 Å². The second-order valence-corrected chi connectivity index (χ2v) is 9.57. The molecule has 0 bridgehead atoms. The molecule has 0 atom stereocenters. The second-order valence-electron chi connectivity index (χ2n) is 7.53. The highest BCUT2D eigenvalue weighted by atomic mass is 32.1. The zero-order valence-corrected chi connectivity index (χ0v) is 18.7. The average molecular weight is 425 g/mol. The number of benzene rings is 2. The Morgan fingerprint density at radius 1 is 1.00 bits per heavy atom. The molecule has 0 aliphatic rings. The number of nitrogens with zero attached hydrogens (tertiary/aromatic N) is 4. The van der Waals surface area contributed by atoms with Crippen LogP contribution in [0.25, 0.3) is 20.4 Å². The van der Waals surface area contributed by atoms with Crippen molar-refractivity contribution in [3.63, 3.8) is 0 Å². The van der Waals surface area contributed by atoms with Gasteiger partial charge in [0.25, 0.3) is 5.91 Å². The van der Waals surface area contributed by atoms with Gasteiger partial charge < -0.3 is 4.90 Å². The Kier molecular flexibility index (Phi) is 5.63. The van der Waals surface area contributed by atoms with Crippen LogP contribution in [0.2, 0.25) is 0 Å². The minimum Gasteiger partial charge on any atom is -0.309 e. The number of carbonyl (C=O) groups excluding carboxylic acids is 1. The van der Waals surface area contributed by atoms with E-state index in [9.17, 15) is 4.79 Å². The number of thiazole rings is 2. The third kappa shape index (κ3) is 4.17. The highest BCUT2D eigenvalue weighted by molar-refractivity contribution is 7.23. The van der Waals surface area contributed by atoms with Gasteiger partial charge in [0.1, 0.15) is 0 Å². The molecule has 2 aromatic carbocycles. The van der Waals surface area contributed by atoms with Gasteiger partial charge in [0.15, 0.2) is 10.1 Å². The fourth-order valence-corrected chi connectivity index (χ4v) is 5.46. The van der Waals surface area contributed by atoms with Gasteiger partial charge in [0.2, 0.25) is 0 Å². The summed E-state index contributed by atoms with van der Waals surface area (Å²) < 4.78 is 2.15. The molecule has 0 unspecified atom stereocenters. The van der Waals surface area contributed by atoms with Gasteiger partial charge in [-0.25, -0.2) is 9.97 Å². The Morgan fingerprint density at radius 3 is 2.55 bits per heavy atom. The topological polar surface area (TPSA) is 49.3 Å². The third-order valence-corrected chi connectivity index (χ3v) is 6.81. The molecule has 2 heterocycles. The third-order valence-electron chi connectivity index (χ3n) is 4.76. The maximum atomic E-state index is 13.4. The monoisotopic (exact) mass is 424 g/mol. The fourth-order valence-electron chi connectivity index (χ4n) is 3.38. The molecule has 0 spiro atoms. The predicted molar refractivity (Wildman–Crippen MR) is 124 cm³/mol. The number of aryl methyl sites for hydroxylation is 2. The number of aromatic nitrogens is 2. The van der Waals surface area contributed by atoms with E-state index in [2.05, 4.69) is 35.9 Å². The molecule has 0 aliphatic carbocycles. The molecule has 29 heavy (non-hydrogen) atoms. The summed E-state index contributed by atoms with van der Waals surface area (Å²) >= 11 is 3.02. The number of amides is 1. The van der Waals surface area contributed by atoms with Gasteiger partial charge in [0.05, 0.1) is 20.4 Å². The first-order valence-corrected chi connectivity index (χ1v) is 11.3. The molecule has 0 radical (unpaired) electrons. The SMILES string of the molecule is Cc1cc(C)c2nc(N(CCCN(C)C)C(=O)c3nc4ccccc4s3)sc2c1. The normalized spacial score (nSPS) is 11.6. The zero-order chi connectivity index (χ0) is 20.5. The molecular weight excluding hydrogens is 400 g/mol. The zero-order valence-electron chi connectivity index (χ0n) is 17.1. The Morgan fingerprint density at radius 2 is 1.79 bits per heavy atom. The van der Waals surface area contributed by atoms with Gasteiger partial charge in [-0.2, -0.15) is 0 Å². The van der Waals surface area contributed by atoms with Gasteiger partial charge in [-0.3, -0.25) is 9.69 Å². The van der Waals surface area contributed by atoms with Crippen molar-refractivity contribution in [3.05, 3.63) is 52.5 Å². The molecule has 0 saturated carbocycles. The maximum Gasteiger partial charge on any atom is 0.289 e. The van der Waals surface area contributed by atoms with Crippen LogP contribution in [0.15, 0.2) is 36.4 Å². The van der Waals surface area contributed by atoms with Crippen molar-refractivity contribution >= 4 is 54.1 Å². The number of hydrogen-bond donors (Lipinski definition) is 0. The van der Waals surface area contributed by atoms with Crippen LogP contribution < -0.4 is 4.90 Å². The highest BCUT2D eigenvalue weighted by Gasteiger charge is 2.24. The Bertz CT molecular complexity index is 1150. The van der Waals surface area contributed by atoms with Crippen molar-refractivity contribution < 1.29 is 4.79 Å². The van der Waals surface area contributed by atoms with Gasteiger partial charge in [-0.1, -0.05) is 29.5 Å². The maximum absolute atomic E-state index is 13.4. The first-order chi connectivity index (χ1) is 13.9. The van der Waals surface area contributed by atoms with E-state index >= 15 is 0 Å². The molecule has 4 aromatic rings. The predicted octanol–water partition coefficient (Wildman–Crippen LogP) is 5.12. The summed E-state index contributed by atoms with van der Waals surface area (Å²) in [6.45, 7) is 5.69. The first kappa shape index (κ1) is 19.9. The van der Waals surface area contributed by atoms with Crippen LogP contribution in [0, 0.1) is 13.8 Å². The summed E-state index contributed by atoms with van der Waals surface area (Å²) in [5.41, 5.74) is 4.19. The number of hydrogen-bond acceptors (Lipinski definition) is 6. The van der Waals surface area contributed by atoms with Crippen LogP contribution in [-0.2, 0) is 0 Å². The van der Waals surface area contributed by atoms with Gasteiger partial charge in [-0.15, -0.1) is 11.3 Å². The Balaban J connectivity index is 1.72. The van der Waals surface area contributed by atoms with Crippen LogP contribution in [0.4, 0.5) is 5.13 Å². The number of anilines is 1. The number of fused-ring (bicyclic) bond motifs is 2. The van der Waals surface area contributed by atoms with Crippen LogP contribution in [0.5, 0.6) is 0 Å². The van der Waals surface area contributed by atoms with E-state index in [0.29, 0.717) is 11.6 Å². The molecule has 0 saturated heterocycles.